The van der Waals surface area contributed by atoms with E-state index in [2.05, 4.69) is 5.32 Å². The first-order valence-electron chi connectivity index (χ1n) is 6.18. The zero-order chi connectivity index (χ0) is 14.4. The number of hydrogen-bond acceptors (Lipinski definition) is 4. The van der Waals surface area contributed by atoms with Crippen LogP contribution >= 0.6 is 0 Å². The quantitative estimate of drug-likeness (QED) is 0.827. The summed E-state index contributed by atoms with van der Waals surface area (Å²) in [6.07, 6.45) is 0.624. The van der Waals surface area contributed by atoms with E-state index in [0.29, 0.717) is 6.42 Å². The molecule has 1 amide bonds. The third-order valence-corrected chi connectivity index (χ3v) is 2.94. The number of benzene rings is 1. The number of esters is 1. The molecule has 5 nitrogen and oxygen atoms in total. The Kier molecular flexibility index (Phi) is 5.36. The molecule has 5 heteroatoms. The lowest BCUT2D eigenvalue weighted by atomic mass is 10.2. The fourth-order valence-electron chi connectivity index (χ4n) is 1.66. The van der Waals surface area contributed by atoms with Gasteiger partial charge in [-0.25, -0.2) is 4.79 Å². The van der Waals surface area contributed by atoms with E-state index in [-0.39, 0.29) is 17.9 Å². The lowest BCUT2D eigenvalue weighted by Crippen LogP contribution is -2.30. The zero-order valence-corrected chi connectivity index (χ0v) is 11.8. The first-order chi connectivity index (χ1) is 8.99. The van der Waals surface area contributed by atoms with Crippen LogP contribution in [-0.2, 0) is 14.3 Å². The molecule has 19 heavy (non-hydrogen) atoms. The molecule has 1 rings (SSSR count). The van der Waals surface area contributed by atoms with Crippen molar-refractivity contribution in [2.45, 2.75) is 26.3 Å². The maximum atomic E-state index is 11.5. The van der Waals surface area contributed by atoms with Crippen LogP contribution in [-0.4, -0.2) is 32.1 Å². The maximum absolute atomic E-state index is 11.5. The van der Waals surface area contributed by atoms with Crippen LogP contribution < -0.4 is 10.2 Å². The summed E-state index contributed by atoms with van der Waals surface area (Å²) in [5.41, 5.74) is 1.56. The number of hydrogen-bond donors (Lipinski definition) is 1. The van der Waals surface area contributed by atoms with Crippen molar-refractivity contribution in [2.24, 2.45) is 0 Å². The second-order valence-corrected chi connectivity index (χ2v) is 4.26. The highest BCUT2D eigenvalue weighted by Crippen LogP contribution is 2.19. The molecule has 0 aromatic heterocycles. The van der Waals surface area contributed by atoms with E-state index in [9.17, 15) is 9.59 Å². The number of rotatable bonds is 5. The molecule has 0 bridgehead atoms. The molecule has 1 unspecified atom stereocenters. The Labute approximate surface area is 113 Å². The SMILES string of the molecule is CCC(Nc1cccc(N(C)C(C)=O)c1)C(=O)OC. The van der Waals surface area contributed by atoms with Crippen molar-refractivity contribution in [3.63, 3.8) is 0 Å². The second kappa shape index (κ2) is 6.78. The zero-order valence-electron chi connectivity index (χ0n) is 11.8. The second-order valence-electron chi connectivity index (χ2n) is 4.26. The molecule has 0 heterocycles. The van der Waals surface area contributed by atoms with Crippen LogP contribution in [0.5, 0.6) is 0 Å². The van der Waals surface area contributed by atoms with Gasteiger partial charge in [0.25, 0.3) is 0 Å². The highest BCUT2D eigenvalue weighted by molar-refractivity contribution is 5.91. The number of nitrogens with one attached hydrogen (secondary N) is 1. The number of methoxy groups -OCH3 is 1. The van der Waals surface area contributed by atoms with Crippen LogP contribution in [0.25, 0.3) is 0 Å². The van der Waals surface area contributed by atoms with Gasteiger partial charge in [-0.05, 0) is 24.6 Å². The fourth-order valence-corrected chi connectivity index (χ4v) is 1.66. The summed E-state index contributed by atoms with van der Waals surface area (Å²) in [5, 5.41) is 3.10. The lowest BCUT2D eigenvalue weighted by molar-refractivity contribution is -0.141. The topological polar surface area (TPSA) is 58.6 Å². The van der Waals surface area contributed by atoms with Crippen molar-refractivity contribution < 1.29 is 14.3 Å². The number of carbonyl (C=O) groups is 2. The number of amides is 1. The van der Waals surface area contributed by atoms with E-state index in [1.807, 2.05) is 31.2 Å². The Hall–Kier alpha value is -2.04. The number of carbonyl (C=O) groups excluding carboxylic acids is 2. The molecule has 0 aliphatic heterocycles. The van der Waals surface area contributed by atoms with Gasteiger partial charge in [0.1, 0.15) is 6.04 Å². The van der Waals surface area contributed by atoms with E-state index in [1.54, 1.807) is 11.9 Å². The minimum atomic E-state index is -0.386. The van der Waals surface area contributed by atoms with Crippen molar-refractivity contribution in [1.29, 1.82) is 0 Å². The summed E-state index contributed by atoms with van der Waals surface area (Å²) in [6, 6.07) is 6.96. The van der Waals surface area contributed by atoms with Crippen molar-refractivity contribution in [3.05, 3.63) is 24.3 Å². The molecule has 0 fully saturated rings. The molecule has 0 spiro atoms. The molecule has 1 aromatic rings. The average Bonchev–Trinajstić information content (AvgIpc) is 2.43. The van der Waals surface area contributed by atoms with Gasteiger partial charge in [0.2, 0.25) is 5.91 Å². The van der Waals surface area contributed by atoms with Gasteiger partial charge in [-0.1, -0.05) is 13.0 Å². The van der Waals surface area contributed by atoms with Crippen LogP contribution in [0.4, 0.5) is 11.4 Å². The Balaban J connectivity index is 2.87. The van der Waals surface area contributed by atoms with Crippen molar-refractivity contribution >= 4 is 23.3 Å². The summed E-state index contributed by atoms with van der Waals surface area (Å²) >= 11 is 0. The maximum Gasteiger partial charge on any atom is 0.328 e. The van der Waals surface area contributed by atoms with Gasteiger partial charge < -0.3 is 15.0 Å². The van der Waals surface area contributed by atoms with E-state index >= 15 is 0 Å². The van der Waals surface area contributed by atoms with Gasteiger partial charge in [-0.3, -0.25) is 4.79 Å². The highest BCUT2D eigenvalue weighted by atomic mass is 16.5. The van der Waals surface area contributed by atoms with Gasteiger partial charge >= 0.3 is 5.97 Å². The number of anilines is 2. The third kappa shape index (κ3) is 3.98. The van der Waals surface area contributed by atoms with Crippen LogP contribution in [0.15, 0.2) is 24.3 Å². The van der Waals surface area contributed by atoms with Gasteiger partial charge in [-0.2, -0.15) is 0 Å². The van der Waals surface area contributed by atoms with Crippen LogP contribution in [0.3, 0.4) is 0 Å². The molecule has 0 saturated carbocycles. The van der Waals surface area contributed by atoms with Gasteiger partial charge in [0.05, 0.1) is 7.11 Å². The number of nitrogens with zero attached hydrogens (tertiary/aromatic N) is 1. The van der Waals surface area contributed by atoms with Crippen LogP contribution in [0.1, 0.15) is 20.3 Å². The Morgan fingerprint density at radius 3 is 2.63 bits per heavy atom. The van der Waals surface area contributed by atoms with Crippen LogP contribution in [0, 0.1) is 0 Å². The molecule has 1 atom stereocenters. The molecule has 104 valence electrons. The standard InChI is InChI=1S/C14H20N2O3/c1-5-13(14(18)19-4)15-11-7-6-8-12(9-11)16(3)10(2)17/h6-9,13,15H,5H2,1-4H3. The molecule has 0 radical (unpaired) electrons. The summed E-state index contributed by atoms with van der Waals surface area (Å²) < 4.78 is 4.73. The molecular formula is C14H20N2O3. The average molecular weight is 264 g/mol. The summed E-state index contributed by atoms with van der Waals surface area (Å²) in [6.45, 7) is 3.41. The molecule has 0 aliphatic rings. The first-order valence-corrected chi connectivity index (χ1v) is 6.18. The van der Waals surface area contributed by atoms with Gasteiger partial charge in [-0.15, -0.1) is 0 Å². The van der Waals surface area contributed by atoms with Gasteiger partial charge in [0, 0.05) is 25.3 Å². The summed E-state index contributed by atoms with van der Waals surface area (Å²) in [4.78, 5) is 24.4. The largest absolute Gasteiger partial charge is 0.467 e. The first kappa shape index (κ1) is 15.0. The monoisotopic (exact) mass is 264 g/mol. The van der Waals surface area contributed by atoms with Crippen LogP contribution in [0.2, 0.25) is 0 Å². The molecule has 0 aliphatic carbocycles. The van der Waals surface area contributed by atoms with Crippen molar-refractivity contribution in [3.8, 4) is 0 Å². The smallest absolute Gasteiger partial charge is 0.328 e. The molecule has 0 saturated heterocycles. The normalized spacial score (nSPS) is 11.6. The molecule has 1 N–H and O–H groups in total. The van der Waals surface area contributed by atoms with E-state index in [4.69, 9.17) is 4.74 Å². The molecule has 1 aromatic carbocycles. The summed E-state index contributed by atoms with van der Waals surface area (Å²) in [5.74, 6) is -0.343. The Morgan fingerprint density at radius 1 is 1.42 bits per heavy atom. The minimum absolute atomic E-state index is 0.0443. The van der Waals surface area contributed by atoms with E-state index < -0.39 is 0 Å². The lowest BCUT2D eigenvalue weighted by Gasteiger charge is -2.19. The Bertz CT molecular complexity index is 460. The predicted molar refractivity (Wildman–Crippen MR) is 75.2 cm³/mol. The van der Waals surface area contributed by atoms with Crippen molar-refractivity contribution in [2.75, 3.05) is 24.4 Å². The summed E-state index contributed by atoms with van der Waals surface area (Å²) in [7, 11) is 3.08. The van der Waals surface area contributed by atoms with E-state index in [1.165, 1.54) is 14.0 Å². The fraction of sp³-hybridized carbons (Fsp3) is 0.429. The number of ether oxygens (including phenoxy) is 1. The minimum Gasteiger partial charge on any atom is -0.467 e. The highest BCUT2D eigenvalue weighted by Gasteiger charge is 2.16. The Morgan fingerprint density at radius 2 is 2.11 bits per heavy atom. The van der Waals surface area contributed by atoms with E-state index in [0.717, 1.165) is 11.4 Å². The predicted octanol–water partition coefficient (Wildman–Crippen LogP) is 2.03. The van der Waals surface area contributed by atoms with Gasteiger partial charge in [0.15, 0.2) is 0 Å². The molecular weight excluding hydrogens is 244 g/mol. The third-order valence-electron chi connectivity index (χ3n) is 2.94. The van der Waals surface area contributed by atoms with Crippen molar-refractivity contribution in [1.82, 2.24) is 0 Å².